The van der Waals surface area contributed by atoms with Gasteiger partial charge >= 0.3 is 0 Å². The fourth-order valence-corrected chi connectivity index (χ4v) is 1.06. The Hall–Kier alpha value is -1.13. The molecule has 0 aromatic heterocycles. The van der Waals surface area contributed by atoms with E-state index in [0.717, 1.165) is 0 Å². The van der Waals surface area contributed by atoms with E-state index in [-0.39, 0.29) is 23.9 Å². The van der Waals surface area contributed by atoms with Crippen LogP contribution in [0.25, 0.3) is 0 Å². The molecular formula is C9H12ClNO3. The molecule has 0 saturated heterocycles. The monoisotopic (exact) mass is 217 g/mol. The summed E-state index contributed by atoms with van der Waals surface area (Å²) >= 11 is 5.39. The molecule has 0 bridgehead atoms. The SMILES string of the molecule is Oc1ccc(O)c(NCC(O)CCl)c1. The van der Waals surface area contributed by atoms with Crippen molar-refractivity contribution in [3.8, 4) is 11.5 Å². The summed E-state index contributed by atoms with van der Waals surface area (Å²) in [5, 5.41) is 30.4. The summed E-state index contributed by atoms with van der Waals surface area (Å²) in [5.74, 6) is 0.183. The Morgan fingerprint density at radius 1 is 1.36 bits per heavy atom. The van der Waals surface area contributed by atoms with Crippen LogP contribution in [0.1, 0.15) is 0 Å². The third-order valence-electron chi connectivity index (χ3n) is 1.69. The Balaban J connectivity index is 2.62. The first kappa shape index (κ1) is 10.9. The van der Waals surface area contributed by atoms with Gasteiger partial charge in [0, 0.05) is 12.6 Å². The van der Waals surface area contributed by atoms with Gasteiger partial charge in [0.1, 0.15) is 11.5 Å². The minimum Gasteiger partial charge on any atom is -0.508 e. The van der Waals surface area contributed by atoms with Crippen molar-refractivity contribution in [2.24, 2.45) is 0 Å². The van der Waals surface area contributed by atoms with Crippen LogP contribution in [-0.2, 0) is 0 Å². The number of aliphatic hydroxyl groups is 1. The summed E-state index contributed by atoms with van der Waals surface area (Å²) in [6.45, 7) is 0.223. The van der Waals surface area contributed by atoms with E-state index in [0.29, 0.717) is 5.69 Å². The molecule has 0 aliphatic carbocycles. The molecule has 78 valence electrons. The smallest absolute Gasteiger partial charge is 0.138 e. The quantitative estimate of drug-likeness (QED) is 0.346. The fraction of sp³-hybridized carbons (Fsp3) is 0.333. The molecule has 0 spiro atoms. The number of halogens is 1. The summed E-state index contributed by atoms with van der Waals surface area (Å²) in [5.41, 5.74) is 0.370. The van der Waals surface area contributed by atoms with Crippen LogP contribution in [-0.4, -0.2) is 33.8 Å². The predicted octanol–water partition coefficient (Wildman–Crippen LogP) is 1.11. The molecule has 14 heavy (non-hydrogen) atoms. The lowest BCUT2D eigenvalue weighted by Crippen LogP contribution is -2.20. The van der Waals surface area contributed by atoms with Gasteiger partial charge in [0.25, 0.3) is 0 Å². The second-order valence-electron chi connectivity index (χ2n) is 2.89. The number of phenolic OH excluding ortho intramolecular Hbond substituents is 2. The summed E-state index contributed by atoms with van der Waals surface area (Å²) in [4.78, 5) is 0. The van der Waals surface area contributed by atoms with Gasteiger partial charge in [0.2, 0.25) is 0 Å². The van der Waals surface area contributed by atoms with Crippen LogP contribution in [0.2, 0.25) is 0 Å². The zero-order chi connectivity index (χ0) is 10.6. The number of aromatic hydroxyl groups is 2. The zero-order valence-corrected chi connectivity index (χ0v) is 8.20. The number of rotatable bonds is 4. The lowest BCUT2D eigenvalue weighted by Gasteiger charge is -2.11. The van der Waals surface area contributed by atoms with Gasteiger partial charge in [-0.25, -0.2) is 0 Å². The standard InChI is InChI=1S/C9H12ClNO3/c10-4-7(13)5-11-8-3-6(12)1-2-9(8)14/h1-3,7,11-14H,4-5H2. The van der Waals surface area contributed by atoms with Gasteiger partial charge in [0.15, 0.2) is 0 Å². The number of alkyl halides is 1. The minimum absolute atomic E-state index is 0.0181. The van der Waals surface area contributed by atoms with Crippen molar-refractivity contribution >= 4 is 17.3 Å². The fourth-order valence-electron chi connectivity index (χ4n) is 0.948. The summed E-state index contributed by atoms with van der Waals surface area (Å²) < 4.78 is 0. The number of hydrogen-bond donors (Lipinski definition) is 4. The van der Waals surface area contributed by atoms with E-state index < -0.39 is 6.10 Å². The average Bonchev–Trinajstić information content (AvgIpc) is 2.19. The summed E-state index contributed by atoms with van der Waals surface area (Å²) in [7, 11) is 0. The lowest BCUT2D eigenvalue weighted by atomic mass is 10.2. The van der Waals surface area contributed by atoms with Crippen LogP contribution < -0.4 is 5.32 Å². The first-order chi connectivity index (χ1) is 6.63. The van der Waals surface area contributed by atoms with E-state index in [4.69, 9.17) is 21.8 Å². The minimum atomic E-state index is -0.682. The molecule has 1 aromatic rings. The van der Waals surface area contributed by atoms with Gasteiger partial charge < -0.3 is 20.6 Å². The highest BCUT2D eigenvalue weighted by molar-refractivity contribution is 6.18. The normalized spacial score (nSPS) is 12.4. The molecule has 0 fully saturated rings. The maximum absolute atomic E-state index is 9.33. The number of hydrogen-bond acceptors (Lipinski definition) is 4. The molecule has 1 unspecified atom stereocenters. The maximum atomic E-state index is 9.33. The lowest BCUT2D eigenvalue weighted by molar-refractivity contribution is 0.211. The van der Waals surface area contributed by atoms with Crippen LogP contribution in [0.4, 0.5) is 5.69 Å². The van der Waals surface area contributed by atoms with Crippen LogP contribution in [0.5, 0.6) is 11.5 Å². The van der Waals surface area contributed by atoms with Gasteiger partial charge in [-0.1, -0.05) is 0 Å². The molecule has 0 aliphatic heterocycles. The molecule has 1 atom stereocenters. The summed E-state index contributed by atoms with van der Waals surface area (Å²) in [6.07, 6.45) is -0.682. The molecule has 0 saturated carbocycles. The second-order valence-corrected chi connectivity index (χ2v) is 3.20. The van der Waals surface area contributed by atoms with Gasteiger partial charge in [-0.05, 0) is 12.1 Å². The molecule has 1 aromatic carbocycles. The van der Waals surface area contributed by atoms with Gasteiger partial charge in [-0.15, -0.1) is 11.6 Å². The first-order valence-electron chi connectivity index (χ1n) is 4.13. The van der Waals surface area contributed by atoms with E-state index in [1.165, 1.54) is 18.2 Å². The number of benzene rings is 1. The molecule has 4 N–H and O–H groups in total. The number of anilines is 1. The Labute approximate surface area is 86.8 Å². The second kappa shape index (κ2) is 4.93. The highest BCUT2D eigenvalue weighted by Crippen LogP contribution is 2.26. The number of aliphatic hydroxyl groups excluding tert-OH is 1. The largest absolute Gasteiger partial charge is 0.508 e. The molecule has 4 nitrogen and oxygen atoms in total. The molecule has 5 heteroatoms. The average molecular weight is 218 g/mol. The van der Waals surface area contributed by atoms with E-state index in [1.807, 2.05) is 0 Å². The van der Waals surface area contributed by atoms with Crippen molar-refractivity contribution in [2.45, 2.75) is 6.10 Å². The first-order valence-corrected chi connectivity index (χ1v) is 4.67. The van der Waals surface area contributed by atoms with Crippen molar-refractivity contribution in [1.29, 1.82) is 0 Å². The molecule has 0 aliphatic rings. The third-order valence-corrected chi connectivity index (χ3v) is 2.04. The van der Waals surface area contributed by atoms with E-state index in [9.17, 15) is 5.11 Å². The number of nitrogens with one attached hydrogen (secondary N) is 1. The van der Waals surface area contributed by atoms with E-state index >= 15 is 0 Å². The molecule has 0 amide bonds. The third kappa shape index (κ3) is 2.97. The van der Waals surface area contributed by atoms with Crippen LogP contribution in [0.3, 0.4) is 0 Å². The van der Waals surface area contributed by atoms with Crippen LogP contribution in [0.15, 0.2) is 18.2 Å². The Kier molecular flexibility index (Phi) is 3.85. The topological polar surface area (TPSA) is 72.7 Å². The molecule has 0 radical (unpaired) electrons. The maximum Gasteiger partial charge on any atom is 0.138 e. The molecular weight excluding hydrogens is 206 g/mol. The van der Waals surface area contributed by atoms with Crippen LogP contribution in [0, 0.1) is 0 Å². The van der Waals surface area contributed by atoms with Gasteiger partial charge in [0.05, 0.1) is 17.7 Å². The highest BCUT2D eigenvalue weighted by atomic mass is 35.5. The van der Waals surface area contributed by atoms with Crippen molar-refractivity contribution in [3.63, 3.8) is 0 Å². The summed E-state index contributed by atoms with van der Waals surface area (Å²) in [6, 6.07) is 4.11. The van der Waals surface area contributed by atoms with Crippen LogP contribution >= 0.6 is 11.6 Å². The predicted molar refractivity (Wildman–Crippen MR) is 55.0 cm³/mol. The highest BCUT2D eigenvalue weighted by Gasteiger charge is 2.05. The van der Waals surface area contributed by atoms with Crippen molar-refractivity contribution in [1.82, 2.24) is 0 Å². The zero-order valence-electron chi connectivity index (χ0n) is 7.44. The van der Waals surface area contributed by atoms with Crippen molar-refractivity contribution < 1.29 is 15.3 Å². The van der Waals surface area contributed by atoms with Crippen molar-refractivity contribution in [3.05, 3.63) is 18.2 Å². The molecule has 1 rings (SSSR count). The Morgan fingerprint density at radius 2 is 2.07 bits per heavy atom. The van der Waals surface area contributed by atoms with E-state index in [2.05, 4.69) is 5.32 Å². The van der Waals surface area contributed by atoms with Gasteiger partial charge in [-0.3, -0.25) is 0 Å². The van der Waals surface area contributed by atoms with E-state index in [1.54, 1.807) is 0 Å². The Morgan fingerprint density at radius 3 is 2.71 bits per heavy atom. The number of phenols is 2. The Bertz CT molecular complexity index is 306. The van der Waals surface area contributed by atoms with Crippen molar-refractivity contribution in [2.75, 3.05) is 17.7 Å². The molecule has 0 heterocycles. The van der Waals surface area contributed by atoms with Gasteiger partial charge in [-0.2, -0.15) is 0 Å².